The molecule has 4 heterocycles. The van der Waals surface area contributed by atoms with Gasteiger partial charge in [0.2, 0.25) is 0 Å². The summed E-state index contributed by atoms with van der Waals surface area (Å²) in [7, 11) is 0. The molecule has 0 bridgehead atoms. The van der Waals surface area contributed by atoms with Crippen LogP contribution in [0.15, 0.2) is 203 Å². The molecule has 284 valence electrons. The van der Waals surface area contributed by atoms with E-state index in [9.17, 15) is 0 Å². The highest BCUT2D eigenvalue weighted by atomic mass is 16.3. The van der Waals surface area contributed by atoms with E-state index in [-0.39, 0.29) is 0 Å². The van der Waals surface area contributed by atoms with Crippen LogP contribution >= 0.6 is 0 Å². The van der Waals surface area contributed by atoms with Crippen molar-refractivity contribution in [1.29, 1.82) is 0 Å². The lowest BCUT2D eigenvalue weighted by molar-refractivity contribution is 0.669. The SMILES string of the molecule is c1ccc(-c2ccc(-c3nc(-c4ccc5oc6ccccc6c5c4)nc(-c4c(-n5c6ccccc6c6cc7ccccc7cc65)ccc5c4oc4ccccc45)n3)cc2)cc1. The molecule has 0 spiro atoms. The number of hydrogen-bond donors (Lipinski definition) is 0. The Hall–Kier alpha value is -8.35. The minimum Gasteiger partial charge on any atom is -0.456 e. The van der Waals surface area contributed by atoms with E-state index in [0.717, 1.165) is 93.6 Å². The van der Waals surface area contributed by atoms with Crippen LogP contribution in [-0.2, 0) is 0 Å². The lowest BCUT2D eigenvalue weighted by Gasteiger charge is -2.15. The third-order valence-electron chi connectivity index (χ3n) is 12.1. The largest absolute Gasteiger partial charge is 0.456 e. The van der Waals surface area contributed by atoms with Gasteiger partial charge in [-0.3, -0.25) is 0 Å². The van der Waals surface area contributed by atoms with Crippen LogP contribution in [-0.4, -0.2) is 19.5 Å². The van der Waals surface area contributed by atoms with Crippen LogP contribution < -0.4 is 0 Å². The van der Waals surface area contributed by atoms with Crippen molar-refractivity contribution in [2.75, 3.05) is 0 Å². The fourth-order valence-corrected chi connectivity index (χ4v) is 9.15. The standard InChI is InChI=1S/C55H32N4O2/c1-2-12-33(13-3-1)34-22-24-35(25-23-34)53-56-54(38-26-29-50-44(31-38)41-18-8-10-20-48(41)60-50)58-55(57-53)51-46(28-27-42-40-17-7-11-21-49(40)61-52(42)51)59-45-19-9-6-16-39(45)43-30-36-14-4-5-15-37(36)32-47(43)59/h1-32H. The summed E-state index contributed by atoms with van der Waals surface area (Å²) < 4.78 is 15.5. The summed E-state index contributed by atoms with van der Waals surface area (Å²) in [6.07, 6.45) is 0. The second-order valence-electron chi connectivity index (χ2n) is 15.6. The predicted molar refractivity (Wildman–Crippen MR) is 248 cm³/mol. The molecular formula is C55H32N4O2. The number of furan rings is 2. The molecule has 4 aromatic heterocycles. The maximum Gasteiger partial charge on any atom is 0.170 e. The molecule has 0 aliphatic carbocycles. The number of hydrogen-bond acceptors (Lipinski definition) is 5. The van der Waals surface area contributed by atoms with Gasteiger partial charge in [0, 0.05) is 43.4 Å². The Bertz CT molecular complexity index is 3880. The monoisotopic (exact) mass is 780 g/mol. The van der Waals surface area contributed by atoms with Gasteiger partial charge in [-0.25, -0.2) is 15.0 Å². The summed E-state index contributed by atoms with van der Waals surface area (Å²) in [5.74, 6) is 1.62. The lowest BCUT2D eigenvalue weighted by atomic mass is 10.0. The minimum atomic E-state index is 0.510. The van der Waals surface area contributed by atoms with Gasteiger partial charge in [0.05, 0.1) is 22.3 Å². The van der Waals surface area contributed by atoms with Crippen molar-refractivity contribution in [2.24, 2.45) is 0 Å². The number of benzene rings is 9. The fraction of sp³-hybridized carbons (Fsp3) is 0. The first kappa shape index (κ1) is 33.6. The Balaban J connectivity index is 1.12. The smallest absolute Gasteiger partial charge is 0.170 e. The van der Waals surface area contributed by atoms with E-state index in [1.165, 1.54) is 10.8 Å². The Kier molecular flexibility index (Phi) is 7.21. The molecule has 6 heteroatoms. The predicted octanol–water partition coefficient (Wildman–Crippen LogP) is 14.6. The molecule has 0 N–H and O–H groups in total. The van der Waals surface area contributed by atoms with Crippen molar-refractivity contribution in [3.8, 4) is 51.0 Å². The number of rotatable bonds is 5. The first-order valence-corrected chi connectivity index (χ1v) is 20.4. The van der Waals surface area contributed by atoms with E-state index >= 15 is 0 Å². The highest BCUT2D eigenvalue weighted by Gasteiger charge is 2.25. The summed E-state index contributed by atoms with van der Waals surface area (Å²) in [6.45, 7) is 0. The molecule has 13 rings (SSSR count). The second kappa shape index (κ2) is 13.1. The molecule has 0 unspecified atom stereocenters. The van der Waals surface area contributed by atoms with E-state index < -0.39 is 0 Å². The van der Waals surface area contributed by atoms with Gasteiger partial charge in [0.1, 0.15) is 22.3 Å². The molecule has 13 aromatic rings. The third-order valence-corrected chi connectivity index (χ3v) is 12.1. The summed E-state index contributed by atoms with van der Waals surface area (Å²) in [4.78, 5) is 16.0. The van der Waals surface area contributed by atoms with Crippen LogP contribution in [0.5, 0.6) is 0 Å². The van der Waals surface area contributed by atoms with Crippen LogP contribution in [0.1, 0.15) is 0 Å². The third kappa shape index (κ3) is 5.26. The molecule has 0 saturated carbocycles. The molecule has 0 fully saturated rings. The quantitative estimate of drug-likeness (QED) is 0.174. The molecule has 0 radical (unpaired) electrons. The van der Waals surface area contributed by atoms with Crippen molar-refractivity contribution in [1.82, 2.24) is 19.5 Å². The van der Waals surface area contributed by atoms with Gasteiger partial charge in [-0.1, -0.05) is 133 Å². The molecule has 0 saturated heterocycles. The molecule has 0 aliphatic rings. The second-order valence-corrected chi connectivity index (χ2v) is 15.6. The van der Waals surface area contributed by atoms with Gasteiger partial charge in [0.15, 0.2) is 17.5 Å². The fourth-order valence-electron chi connectivity index (χ4n) is 9.15. The van der Waals surface area contributed by atoms with Crippen LogP contribution in [0.3, 0.4) is 0 Å². The minimum absolute atomic E-state index is 0.510. The highest BCUT2D eigenvalue weighted by molar-refractivity contribution is 6.16. The number of para-hydroxylation sites is 3. The summed E-state index contributed by atoms with van der Waals surface area (Å²) in [5.41, 5.74) is 11.0. The molecule has 0 aliphatic heterocycles. The Morgan fingerprint density at radius 1 is 0.328 bits per heavy atom. The summed E-state index contributed by atoms with van der Waals surface area (Å²) in [6, 6.07) is 67.5. The van der Waals surface area contributed by atoms with E-state index in [1.807, 2.05) is 48.5 Å². The molecule has 0 amide bonds. The van der Waals surface area contributed by atoms with Crippen molar-refractivity contribution in [3.63, 3.8) is 0 Å². The zero-order valence-electron chi connectivity index (χ0n) is 32.6. The average molecular weight is 781 g/mol. The molecule has 6 nitrogen and oxygen atoms in total. The number of nitrogens with zero attached hydrogens (tertiary/aromatic N) is 4. The van der Waals surface area contributed by atoms with E-state index in [0.29, 0.717) is 23.1 Å². The van der Waals surface area contributed by atoms with Crippen molar-refractivity contribution >= 4 is 76.5 Å². The number of aromatic nitrogens is 4. The Morgan fingerprint density at radius 2 is 0.902 bits per heavy atom. The van der Waals surface area contributed by atoms with Gasteiger partial charge < -0.3 is 13.4 Å². The molecule has 61 heavy (non-hydrogen) atoms. The average Bonchev–Trinajstić information content (AvgIpc) is 4.00. The Morgan fingerprint density at radius 3 is 1.70 bits per heavy atom. The summed E-state index contributed by atoms with van der Waals surface area (Å²) >= 11 is 0. The van der Waals surface area contributed by atoms with E-state index in [2.05, 4.69) is 150 Å². The maximum absolute atomic E-state index is 6.90. The van der Waals surface area contributed by atoms with Gasteiger partial charge in [-0.05, 0) is 82.6 Å². The highest BCUT2D eigenvalue weighted by Crippen LogP contribution is 2.43. The van der Waals surface area contributed by atoms with Crippen molar-refractivity contribution in [2.45, 2.75) is 0 Å². The van der Waals surface area contributed by atoms with Gasteiger partial charge in [-0.15, -0.1) is 0 Å². The van der Waals surface area contributed by atoms with Crippen LogP contribution in [0.2, 0.25) is 0 Å². The van der Waals surface area contributed by atoms with Crippen LogP contribution in [0.25, 0.3) is 127 Å². The number of fused-ring (bicyclic) bond motifs is 10. The Labute approximate surface area is 348 Å². The van der Waals surface area contributed by atoms with Crippen LogP contribution in [0, 0.1) is 0 Å². The van der Waals surface area contributed by atoms with Crippen molar-refractivity contribution < 1.29 is 8.83 Å². The lowest BCUT2D eigenvalue weighted by Crippen LogP contribution is -2.04. The molecular weight excluding hydrogens is 749 g/mol. The zero-order chi connectivity index (χ0) is 40.0. The van der Waals surface area contributed by atoms with E-state index in [1.54, 1.807) is 0 Å². The molecule has 0 atom stereocenters. The first-order valence-electron chi connectivity index (χ1n) is 20.4. The van der Waals surface area contributed by atoms with Crippen LogP contribution in [0.4, 0.5) is 0 Å². The van der Waals surface area contributed by atoms with E-state index in [4.69, 9.17) is 23.8 Å². The first-order chi connectivity index (χ1) is 30.2. The zero-order valence-corrected chi connectivity index (χ0v) is 32.6. The summed E-state index contributed by atoms with van der Waals surface area (Å²) in [5, 5.41) is 8.75. The van der Waals surface area contributed by atoms with Gasteiger partial charge in [-0.2, -0.15) is 0 Å². The van der Waals surface area contributed by atoms with Crippen molar-refractivity contribution in [3.05, 3.63) is 194 Å². The maximum atomic E-state index is 6.90. The molecule has 9 aromatic carbocycles. The van der Waals surface area contributed by atoms with Gasteiger partial charge in [0.25, 0.3) is 0 Å². The normalized spacial score (nSPS) is 11.9. The topological polar surface area (TPSA) is 69.9 Å². The van der Waals surface area contributed by atoms with Gasteiger partial charge >= 0.3 is 0 Å².